The number of rotatable bonds is 7. The van der Waals surface area contributed by atoms with Gasteiger partial charge in [0, 0.05) is 47.8 Å². The zero-order chi connectivity index (χ0) is 26.1. The summed E-state index contributed by atoms with van der Waals surface area (Å²) in [6.07, 6.45) is 3.66. The summed E-state index contributed by atoms with van der Waals surface area (Å²) in [6.45, 7) is 0.668. The third-order valence-corrected chi connectivity index (χ3v) is 8.39. The molecule has 0 fully saturated rings. The Balaban J connectivity index is 1.58. The largest absolute Gasteiger partial charge is 0.487 e. The van der Waals surface area contributed by atoms with E-state index in [1.165, 1.54) is 0 Å². The molecule has 1 aliphatic heterocycles. The molecule has 6 nitrogen and oxygen atoms in total. The molecule has 0 atom stereocenters. The fourth-order valence-corrected chi connectivity index (χ4v) is 7.09. The van der Waals surface area contributed by atoms with E-state index in [-0.39, 0.29) is 24.5 Å². The average Bonchev–Trinajstić information content (AvgIpc) is 2.87. The van der Waals surface area contributed by atoms with Crippen LogP contribution in [0.1, 0.15) is 62.0 Å². The number of carboxylic acid groups (broad SMARTS) is 1. The maximum absolute atomic E-state index is 13.4. The lowest BCUT2D eigenvalue weighted by Crippen LogP contribution is -2.39. The van der Waals surface area contributed by atoms with Gasteiger partial charge in [0.1, 0.15) is 12.4 Å². The molecule has 3 aliphatic rings. The number of carboxylic acids is 1. The van der Waals surface area contributed by atoms with E-state index >= 15 is 0 Å². The van der Waals surface area contributed by atoms with Gasteiger partial charge in [-0.3, -0.25) is 14.4 Å². The van der Waals surface area contributed by atoms with Crippen LogP contribution in [-0.2, 0) is 21.0 Å². The number of nitrogens with zero attached hydrogens (tertiary/aromatic N) is 1. The predicted molar refractivity (Wildman–Crippen MR) is 146 cm³/mol. The Morgan fingerprint density at radius 2 is 1.49 bits per heavy atom. The molecule has 0 saturated heterocycles. The van der Waals surface area contributed by atoms with Gasteiger partial charge in [0.15, 0.2) is 11.6 Å². The lowest BCUT2D eigenvalue weighted by Gasteiger charge is -2.44. The second-order valence-corrected chi connectivity index (χ2v) is 11.3. The molecule has 0 aromatic heterocycles. The number of Topliss-reactive ketones (excluding diaryl/α,β-unsaturated/α-hetero) is 2. The number of ketones is 2. The highest BCUT2D eigenvalue weighted by atomic mass is 79.9. The Morgan fingerprint density at radius 3 is 2.03 bits per heavy atom. The van der Waals surface area contributed by atoms with Gasteiger partial charge in [0.05, 0.1) is 15.4 Å². The third kappa shape index (κ3) is 5.18. The van der Waals surface area contributed by atoms with Gasteiger partial charge in [-0.1, -0.05) is 30.3 Å². The van der Waals surface area contributed by atoms with Gasteiger partial charge in [-0.05, 0) is 80.8 Å². The molecule has 0 saturated carbocycles. The maximum atomic E-state index is 13.4. The van der Waals surface area contributed by atoms with Gasteiger partial charge in [0.25, 0.3) is 0 Å². The van der Waals surface area contributed by atoms with E-state index in [9.17, 15) is 19.5 Å². The molecule has 0 spiro atoms. The smallest absolute Gasteiger partial charge is 0.305 e. The molecule has 2 aromatic rings. The van der Waals surface area contributed by atoms with Crippen LogP contribution in [0.2, 0.25) is 0 Å². The number of benzene rings is 2. The van der Waals surface area contributed by atoms with Crippen molar-refractivity contribution in [1.82, 2.24) is 4.90 Å². The van der Waals surface area contributed by atoms with Crippen molar-refractivity contribution < 1.29 is 24.2 Å². The highest BCUT2D eigenvalue weighted by molar-refractivity contribution is 9.11. The first-order valence-corrected chi connectivity index (χ1v) is 14.1. The third-order valence-electron chi connectivity index (χ3n) is 7.22. The van der Waals surface area contributed by atoms with E-state index in [1.807, 2.05) is 47.4 Å². The highest BCUT2D eigenvalue weighted by Gasteiger charge is 2.43. The van der Waals surface area contributed by atoms with Crippen LogP contribution >= 0.6 is 31.9 Å². The molecule has 0 radical (unpaired) electrons. The minimum atomic E-state index is -0.894. The van der Waals surface area contributed by atoms with E-state index in [0.717, 1.165) is 44.3 Å². The molecule has 0 bridgehead atoms. The second-order valence-electron chi connectivity index (χ2n) is 9.59. The summed E-state index contributed by atoms with van der Waals surface area (Å²) in [5.74, 6) is -0.641. The van der Waals surface area contributed by atoms with E-state index < -0.39 is 11.9 Å². The van der Waals surface area contributed by atoms with Crippen molar-refractivity contribution in [2.24, 2.45) is 0 Å². The van der Waals surface area contributed by atoms with Crippen LogP contribution in [0.5, 0.6) is 5.75 Å². The summed E-state index contributed by atoms with van der Waals surface area (Å²) in [5.41, 5.74) is 4.93. The second kappa shape index (κ2) is 11.0. The first-order chi connectivity index (χ1) is 17.8. The molecule has 192 valence electrons. The van der Waals surface area contributed by atoms with E-state index in [1.54, 1.807) is 0 Å². The van der Waals surface area contributed by atoms with Crippen LogP contribution in [0.3, 0.4) is 0 Å². The van der Waals surface area contributed by atoms with Crippen molar-refractivity contribution in [2.45, 2.75) is 57.5 Å². The van der Waals surface area contributed by atoms with Gasteiger partial charge >= 0.3 is 5.97 Å². The number of ether oxygens (including phenoxy) is 1. The molecule has 1 heterocycles. The zero-order valence-corrected chi connectivity index (χ0v) is 23.4. The first kappa shape index (κ1) is 25.9. The summed E-state index contributed by atoms with van der Waals surface area (Å²) < 4.78 is 7.57. The molecular weight excluding hydrogens is 602 g/mol. The Bertz CT molecular complexity index is 1260. The molecule has 2 aliphatic carbocycles. The highest BCUT2D eigenvalue weighted by Crippen LogP contribution is 2.50. The maximum Gasteiger partial charge on any atom is 0.305 e. The number of aliphatic carboxylic acids is 1. The van der Waals surface area contributed by atoms with E-state index in [0.29, 0.717) is 49.2 Å². The predicted octanol–water partition coefficient (Wildman–Crippen LogP) is 6.68. The monoisotopic (exact) mass is 627 g/mol. The normalized spacial score (nSPS) is 18.2. The van der Waals surface area contributed by atoms with Gasteiger partial charge in [0.2, 0.25) is 0 Å². The summed E-state index contributed by atoms with van der Waals surface area (Å²) in [4.78, 5) is 40.2. The standard InChI is InChI=1S/C29H27Br2NO5/c30-19-14-18(15-20(31)29(19)37-16-17-6-2-1-3-7-17)26-27-21(8-4-10-23(27)33)32(13-12-25(35)36)22-9-5-11-24(34)28(22)26/h1-3,6-7,14-15,26H,4-5,8-13,16H2,(H,35,36). The Morgan fingerprint density at radius 1 is 0.919 bits per heavy atom. The molecular formula is C29H27Br2NO5. The quantitative estimate of drug-likeness (QED) is 0.368. The van der Waals surface area contributed by atoms with Gasteiger partial charge in [-0.25, -0.2) is 0 Å². The lowest BCUT2D eigenvalue weighted by molar-refractivity contribution is -0.137. The summed E-state index contributed by atoms with van der Waals surface area (Å²) in [6, 6.07) is 13.8. The first-order valence-electron chi connectivity index (χ1n) is 12.5. The molecule has 0 amide bonds. The minimum absolute atomic E-state index is 0.0353. The number of hydrogen-bond donors (Lipinski definition) is 1. The number of carbonyl (C=O) groups is 3. The fraction of sp³-hybridized carbons (Fsp3) is 0.345. The van der Waals surface area contributed by atoms with Crippen molar-refractivity contribution in [1.29, 1.82) is 0 Å². The van der Waals surface area contributed by atoms with Crippen molar-refractivity contribution in [3.63, 3.8) is 0 Å². The fourth-order valence-electron chi connectivity index (χ4n) is 5.64. The molecule has 5 rings (SSSR count). The van der Waals surface area contributed by atoms with Crippen LogP contribution in [0.4, 0.5) is 0 Å². The summed E-state index contributed by atoms with van der Waals surface area (Å²) in [7, 11) is 0. The number of hydrogen-bond acceptors (Lipinski definition) is 5. The average molecular weight is 629 g/mol. The van der Waals surface area contributed by atoms with Crippen LogP contribution in [0.15, 0.2) is 74.0 Å². The van der Waals surface area contributed by atoms with Crippen LogP contribution < -0.4 is 4.74 Å². The van der Waals surface area contributed by atoms with Gasteiger partial charge < -0.3 is 14.7 Å². The number of carbonyl (C=O) groups excluding carboxylic acids is 2. The van der Waals surface area contributed by atoms with Gasteiger partial charge in [-0.15, -0.1) is 0 Å². The van der Waals surface area contributed by atoms with Crippen LogP contribution in [-0.4, -0.2) is 34.1 Å². The topological polar surface area (TPSA) is 83.9 Å². The molecule has 1 N–H and O–H groups in total. The SMILES string of the molecule is O=C(O)CCN1C2=C(C(=O)CCC2)C(c2cc(Br)c(OCc3ccccc3)c(Br)c2)C2=C1CCCC2=O. The number of halogens is 2. The molecule has 8 heteroatoms. The minimum Gasteiger partial charge on any atom is -0.487 e. The van der Waals surface area contributed by atoms with E-state index in [2.05, 4.69) is 31.9 Å². The van der Waals surface area contributed by atoms with Crippen molar-refractivity contribution >= 4 is 49.4 Å². The number of allylic oxidation sites excluding steroid dienone is 4. The van der Waals surface area contributed by atoms with Crippen molar-refractivity contribution in [2.75, 3.05) is 6.54 Å². The summed E-state index contributed by atoms with van der Waals surface area (Å²) in [5, 5.41) is 9.36. The molecule has 0 unspecified atom stereocenters. The molecule has 37 heavy (non-hydrogen) atoms. The van der Waals surface area contributed by atoms with Crippen LogP contribution in [0, 0.1) is 0 Å². The lowest BCUT2D eigenvalue weighted by atomic mass is 9.71. The zero-order valence-electron chi connectivity index (χ0n) is 20.3. The summed E-state index contributed by atoms with van der Waals surface area (Å²) >= 11 is 7.33. The van der Waals surface area contributed by atoms with Gasteiger partial charge in [-0.2, -0.15) is 0 Å². The van der Waals surface area contributed by atoms with Crippen molar-refractivity contribution in [3.8, 4) is 5.75 Å². The Kier molecular flexibility index (Phi) is 7.67. The Hall–Kier alpha value is -2.71. The van der Waals surface area contributed by atoms with Crippen LogP contribution in [0.25, 0.3) is 0 Å². The molecule has 2 aromatic carbocycles. The van der Waals surface area contributed by atoms with E-state index in [4.69, 9.17) is 4.74 Å². The van der Waals surface area contributed by atoms with Crippen molar-refractivity contribution in [3.05, 3.63) is 85.1 Å². The Labute approximate surface area is 232 Å².